The molecule has 1 heterocycles. The van der Waals surface area contributed by atoms with E-state index < -0.39 is 0 Å². The van der Waals surface area contributed by atoms with Crippen LogP contribution in [0.15, 0.2) is 0 Å². The lowest BCUT2D eigenvalue weighted by Crippen LogP contribution is -2.44. The van der Waals surface area contributed by atoms with Crippen molar-refractivity contribution in [3.8, 4) is 0 Å². The quantitative estimate of drug-likeness (QED) is 0.645. The van der Waals surface area contributed by atoms with Crippen LogP contribution in [0.3, 0.4) is 0 Å². The minimum atomic E-state index is 0.189. The number of rotatable bonds is 4. The third-order valence-electron chi connectivity index (χ3n) is 3.19. The van der Waals surface area contributed by atoms with Crippen molar-refractivity contribution in [1.82, 2.24) is 4.90 Å². The molecule has 14 heavy (non-hydrogen) atoms. The Morgan fingerprint density at radius 1 is 1.36 bits per heavy atom. The molecule has 0 bridgehead atoms. The first-order valence-electron chi connectivity index (χ1n) is 5.84. The molecule has 1 aliphatic rings. The Kier molecular flexibility index (Phi) is 4.59. The second kappa shape index (κ2) is 5.50. The summed E-state index contributed by atoms with van der Waals surface area (Å²) in [4.78, 5) is 13.1. The minimum absolute atomic E-state index is 0.189. The van der Waals surface area contributed by atoms with Gasteiger partial charge in [-0.25, -0.2) is 0 Å². The highest BCUT2D eigenvalue weighted by Gasteiger charge is 2.25. The number of piperidine rings is 1. The lowest BCUT2D eigenvalue weighted by atomic mass is 9.92. The molecule has 1 rings (SSSR count). The van der Waals surface area contributed by atoms with Crippen molar-refractivity contribution < 1.29 is 4.79 Å². The maximum Gasteiger partial charge on any atom is 0.124 e. The van der Waals surface area contributed by atoms with Gasteiger partial charge in [0.25, 0.3) is 0 Å². The summed E-state index contributed by atoms with van der Waals surface area (Å²) in [7, 11) is 0. The molecule has 2 heteroatoms. The highest BCUT2D eigenvalue weighted by molar-refractivity contribution is 5.53. The predicted molar refractivity (Wildman–Crippen MR) is 59.3 cm³/mol. The van der Waals surface area contributed by atoms with Gasteiger partial charge >= 0.3 is 0 Å². The van der Waals surface area contributed by atoms with Crippen LogP contribution in [0.4, 0.5) is 0 Å². The first-order chi connectivity index (χ1) is 6.65. The zero-order chi connectivity index (χ0) is 10.6. The van der Waals surface area contributed by atoms with Gasteiger partial charge in [0.1, 0.15) is 6.29 Å². The van der Waals surface area contributed by atoms with Crippen LogP contribution in [-0.4, -0.2) is 30.3 Å². The fraction of sp³-hybridized carbons (Fsp3) is 0.917. The van der Waals surface area contributed by atoms with Crippen molar-refractivity contribution in [3.05, 3.63) is 0 Å². The highest BCUT2D eigenvalue weighted by atomic mass is 16.1. The van der Waals surface area contributed by atoms with Crippen LogP contribution in [0, 0.1) is 11.8 Å². The summed E-state index contributed by atoms with van der Waals surface area (Å²) in [6, 6.07) is 0.700. The van der Waals surface area contributed by atoms with E-state index in [1.165, 1.54) is 25.8 Å². The molecular formula is C12H23NO. The Morgan fingerprint density at radius 2 is 2.07 bits per heavy atom. The van der Waals surface area contributed by atoms with Gasteiger partial charge in [0.15, 0.2) is 0 Å². The van der Waals surface area contributed by atoms with E-state index in [1.807, 2.05) is 6.92 Å². The van der Waals surface area contributed by atoms with Gasteiger partial charge in [0.2, 0.25) is 0 Å². The second-order valence-corrected chi connectivity index (χ2v) is 4.92. The van der Waals surface area contributed by atoms with Gasteiger partial charge < -0.3 is 4.79 Å². The number of carbonyl (C=O) groups excluding carboxylic acids is 1. The van der Waals surface area contributed by atoms with Gasteiger partial charge in [0, 0.05) is 18.5 Å². The van der Waals surface area contributed by atoms with Crippen molar-refractivity contribution in [3.63, 3.8) is 0 Å². The molecule has 0 aromatic heterocycles. The molecule has 0 N–H and O–H groups in total. The van der Waals surface area contributed by atoms with Gasteiger partial charge in [-0.2, -0.15) is 0 Å². The summed E-state index contributed by atoms with van der Waals surface area (Å²) < 4.78 is 0. The van der Waals surface area contributed by atoms with Crippen molar-refractivity contribution in [2.24, 2.45) is 11.8 Å². The molecule has 2 atom stereocenters. The molecule has 1 fully saturated rings. The van der Waals surface area contributed by atoms with Gasteiger partial charge in [-0.15, -0.1) is 0 Å². The number of aldehydes is 1. The Labute approximate surface area is 87.7 Å². The van der Waals surface area contributed by atoms with E-state index >= 15 is 0 Å². The summed E-state index contributed by atoms with van der Waals surface area (Å²) in [5, 5.41) is 0. The van der Waals surface area contributed by atoms with Gasteiger partial charge in [-0.05, 0) is 25.3 Å². The molecule has 0 aromatic rings. The van der Waals surface area contributed by atoms with Crippen LogP contribution in [0.25, 0.3) is 0 Å². The number of carbonyl (C=O) groups is 1. The van der Waals surface area contributed by atoms with Crippen molar-refractivity contribution in [2.45, 2.75) is 46.1 Å². The lowest BCUT2D eigenvalue weighted by Gasteiger charge is -2.39. The minimum Gasteiger partial charge on any atom is -0.303 e. The molecular weight excluding hydrogens is 174 g/mol. The topological polar surface area (TPSA) is 20.3 Å². The summed E-state index contributed by atoms with van der Waals surface area (Å²) >= 11 is 0. The van der Waals surface area contributed by atoms with Gasteiger partial charge in [0.05, 0.1) is 0 Å². The third kappa shape index (κ3) is 3.09. The van der Waals surface area contributed by atoms with E-state index in [1.54, 1.807) is 0 Å². The third-order valence-corrected chi connectivity index (χ3v) is 3.19. The van der Waals surface area contributed by atoms with Gasteiger partial charge in [-0.1, -0.05) is 27.2 Å². The summed E-state index contributed by atoms with van der Waals surface area (Å²) in [6.07, 6.45) is 5.04. The molecule has 82 valence electrons. The number of hydrogen-bond acceptors (Lipinski definition) is 2. The van der Waals surface area contributed by atoms with Crippen LogP contribution >= 0.6 is 0 Å². The number of nitrogens with zero attached hydrogens (tertiary/aromatic N) is 1. The Morgan fingerprint density at radius 3 is 2.64 bits per heavy atom. The molecule has 1 saturated heterocycles. The summed E-state index contributed by atoms with van der Waals surface area (Å²) in [6.45, 7) is 8.72. The molecule has 0 aliphatic carbocycles. The molecule has 0 spiro atoms. The summed E-state index contributed by atoms with van der Waals surface area (Å²) in [5.41, 5.74) is 0. The lowest BCUT2D eigenvalue weighted by molar-refractivity contribution is -0.111. The van der Waals surface area contributed by atoms with E-state index in [2.05, 4.69) is 18.7 Å². The largest absolute Gasteiger partial charge is 0.303 e. The van der Waals surface area contributed by atoms with Crippen LogP contribution in [0.5, 0.6) is 0 Å². The predicted octanol–water partition coefficient (Wildman–Crippen LogP) is 2.33. The zero-order valence-corrected chi connectivity index (χ0v) is 9.70. The number of hydrogen-bond donors (Lipinski definition) is 0. The first kappa shape index (κ1) is 11.7. The molecule has 0 amide bonds. The average molecular weight is 197 g/mol. The molecule has 0 radical (unpaired) electrons. The van der Waals surface area contributed by atoms with Crippen molar-refractivity contribution >= 4 is 6.29 Å². The van der Waals surface area contributed by atoms with Crippen molar-refractivity contribution in [2.75, 3.05) is 13.1 Å². The second-order valence-electron chi connectivity index (χ2n) is 4.92. The Balaban J connectivity index is 2.49. The maximum atomic E-state index is 10.6. The molecule has 2 unspecified atom stereocenters. The van der Waals surface area contributed by atoms with E-state index in [9.17, 15) is 4.79 Å². The van der Waals surface area contributed by atoms with E-state index in [0.29, 0.717) is 12.0 Å². The van der Waals surface area contributed by atoms with Crippen LogP contribution < -0.4 is 0 Å². The van der Waals surface area contributed by atoms with Crippen molar-refractivity contribution in [1.29, 1.82) is 0 Å². The smallest absolute Gasteiger partial charge is 0.124 e. The van der Waals surface area contributed by atoms with Crippen LogP contribution in [0.2, 0.25) is 0 Å². The Bertz CT molecular complexity index is 179. The molecule has 1 aliphatic heterocycles. The highest BCUT2D eigenvalue weighted by Crippen LogP contribution is 2.23. The Hall–Kier alpha value is -0.370. The van der Waals surface area contributed by atoms with E-state index in [4.69, 9.17) is 0 Å². The van der Waals surface area contributed by atoms with E-state index in [0.717, 1.165) is 12.8 Å². The molecule has 0 aromatic carbocycles. The standard InChI is InChI=1S/C12H23NO/c1-10(2)12-6-4-5-7-13(12)8-11(3)9-14/h9-12H,4-8H2,1-3H3. The monoisotopic (exact) mass is 197 g/mol. The molecule has 0 saturated carbocycles. The fourth-order valence-electron chi connectivity index (χ4n) is 2.41. The molecule has 2 nitrogen and oxygen atoms in total. The van der Waals surface area contributed by atoms with Gasteiger partial charge in [-0.3, -0.25) is 4.90 Å². The number of likely N-dealkylation sites (tertiary alicyclic amines) is 1. The average Bonchev–Trinajstić information content (AvgIpc) is 2.18. The summed E-state index contributed by atoms with van der Waals surface area (Å²) in [5.74, 6) is 0.906. The van der Waals surface area contributed by atoms with Crippen LogP contribution in [-0.2, 0) is 4.79 Å². The first-order valence-corrected chi connectivity index (χ1v) is 5.84. The fourth-order valence-corrected chi connectivity index (χ4v) is 2.41. The SMILES string of the molecule is CC(C=O)CN1CCCCC1C(C)C. The maximum absolute atomic E-state index is 10.6. The van der Waals surface area contributed by atoms with Crippen LogP contribution in [0.1, 0.15) is 40.0 Å². The zero-order valence-electron chi connectivity index (χ0n) is 9.70. The normalized spacial score (nSPS) is 26.4. The van der Waals surface area contributed by atoms with E-state index in [-0.39, 0.29) is 5.92 Å².